The van der Waals surface area contributed by atoms with E-state index in [1.807, 2.05) is 0 Å². The van der Waals surface area contributed by atoms with Gasteiger partial charge < -0.3 is 20.9 Å². The fourth-order valence-electron chi connectivity index (χ4n) is 1.93. The number of carboxylic acids is 1. The summed E-state index contributed by atoms with van der Waals surface area (Å²) < 4.78 is 4.97. The molecule has 1 amide bonds. The highest BCUT2D eigenvalue weighted by Crippen LogP contribution is 2.25. The number of hydrogen-bond donors (Lipinski definition) is 3. The van der Waals surface area contributed by atoms with E-state index in [0.717, 1.165) is 12.8 Å². The van der Waals surface area contributed by atoms with Gasteiger partial charge >= 0.3 is 5.97 Å². The standard InChI is InChI=1S/C10H18N2O4/c11-4-5-16-6-9(13)12-8-3-1-2-7(8)10(14)15/h7-8H,1-6,11H2,(H,12,13)(H,14,15). The molecule has 1 rings (SSSR count). The van der Waals surface area contributed by atoms with Gasteiger partial charge in [0.15, 0.2) is 0 Å². The average Bonchev–Trinajstić information content (AvgIpc) is 2.66. The predicted molar refractivity (Wildman–Crippen MR) is 56.8 cm³/mol. The van der Waals surface area contributed by atoms with E-state index in [1.165, 1.54) is 0 Å². The molecule has 0 spiro atoms. The molecule has 0 saturated heterocycles. The summed E-state index contributed by atoms with van der Waals surface area (Å²) in [6, 6.07) is -0.258. The Hall–Kier alpha value is -1.14. The Balaban J connectivity index is 2.30. The molecule has 6 heteroatoms. The molecule has 1 aliphatic carbocycles. The van der Waals surface area contributed by atoms with Gasteiger partial charge in [0.25, 0.3) is 0 Å². The maximum atomic E-state index is 11.4. The first kappa shape index (κ1) is 12.9. The third-order valence-corrected chi connectivity index (χ3v) is 2.67. The Kier molecular flexibility index (Phi) is 5.21. The van der Waals surface area contributed by atoms with Crippen LogP contribution in [0.3, 0.4) is 0 Å². The van der Waals surface area contributed by atoms with E-state index in [1.54, 1.807) is 0 Å². The summed E-state index contributed by atoms with van der Waals surface area (Å²) >= 11 is 0. The normalized spacial score (nSPS) is 24.3. The lowest BCUT2D eigenvalue weighted by molar-refractivity contribution is -0.142. The monoisotopic (exact) mass is 230 g/mol. The van der Waals surface area contributed by atoms with E-state index in [2.05, 4.69) is 5.32 Å². The summed E-state index contributed by atoms with van der Waals surface area (Å²) in [5.41, 5.74) is 5.21. The van der Waals surface area contributed by atoms with Gasteiger partial charge in [-0.05, 0) is 12.8 Å². The second kappa shape index (κ2) is 6.44. The zero-order valence-corrected chi connectivity index (χ0v) is 9.15. The molecule has 0 aliphatic heterocycles. The highest BCUT2D eigenvalue weighted by Gasteiger charge is 2.33. The number of carboxylic acid groups (broad SMARTS) is 1. The minimum absolute atomic E-state index is 0.0555. The highest BCUT2D eigenvalue weighted by atomic mass is 16.5. The van der Waals surface area contributed by atoms with Gasteiger partial charge in [-0.25, -0.2) is 0 Å². The van der Waals surface area contributed by atoms with E-state index in [4.69, 9.17) is 15.6 Å². The van der Waals surface area contributed by atoms with E-state index < -0.39 is 11.9 Å². The maximum absolute atomic E-state index is 11.4. The van der Waals surface area contributed by atoms with Crippen LogP contribution in [0.25, 0.3) is 0 Å². The van der Waals surface area contributed by atoms with Crippen LogP contribution in [-0.2, 0) is 14.3 Å². The van der Waals surface area contributed by atoms with Crippen LogP contribution in [0.15, 0.2) is 0 Å². The molecule has 1 fully saturated rings. The maximum Gasteiger partial charge on any atom is 0.308 e. The van der Waals surface area contributed by atoms with Crippen molar-refractivity contribution in [1.82, 2.24) is 5.32 Å². The van der Waals surface area contributed by atoms with Gasteiger partial charge in [-0.1, -0.05) is 6.42 Å². The van der Waals surface area contributed by atoms with Crippen molar-refractivity contribution in [3.05, 3.63) is 0 Å². The first-order chi connectivity index (χ1) is 7.65. The lowest BCUT2D eigenvalue weighted by atomic mass is 10.0. The minimum Gasteiger partial charge on any atom is -0.481 e. The minimum atomic E-state index is -0.842. The second-order valence-electron chi connectivity index (χ2n) is 3.89. The summed E-state index contributed by atoms with van der Waals surface area (Å²) in [6.07, 6.45) is 2.19. The molecule has 4 N–H and O–H groups in total. The SMILES string of the molecule is NCCOCC(=O)NC1CCCC1C(=O)O. The number of carbonyl (C=O) groups is 2. The molecular weight excluding hydrogens is 212 g/mol. The van der Waals surface area contributed by atoms with Crippen LogP contribution in [0.5, 0.6) is 0 Å². The van der Waals surface area contributed by atoms with E-state index in [-0.39, 0.29) is 18.6 Å². The van der Waals surface area contributed by atoms with Crippen LogP contribution in [-0.4, -0.2) is 42.8 Å². The molecule has 0 heterocycles. The molecule has 1 saturated carbocycles. The van der Waals surface area contributed by atoms with Crippen LogP contribution in [0, 0.1) is 5.92 Å². The van der Waals surface area contributed by atoms with Gasteiger partial charge in [-0.2, -0.15) is 0 Å². The topological polar surface area (TPSA) is 102 Å². The first-order valence-electron chi connectivity index (χ1n) is 5.45. The number of aliphatic carboxylic acids is 1. The Morgan fingerprint density at radius 2 is 2.19 bits per heavy atom. The van der Waals surface area contributed by atoms with Gasteiger partial charge in [-0.15, -0.1) is 0 Å². The van der Waals surface area contributed by atoms with Gasteiger partial charge in [0.1, 0.15) is 6.61 Å². The summed E-state index contributed by atoms with van der Waals surface area (Å²) in [7, 11) is 0. The van der Waals surface area contributed by atoms with Crippen LogP contribution in [0.1, 0.15) is 19.3 Å². The zero-order valence-electron chi connectivity index (χ0n) is 9.15. The van der Waals surface area contributed by atoms with Gasteiger partial charge in [0, 0.05) is 12.6 Å². The summed E-state index contributed by atoms with van der Waals surface area (Å²) in [5, 5.41) is 11.6. The Morgan fingerprint density at radius 1 is 1.44 bits per heavy atom. The average molecular weight is 230 g/mol. The van der Waals surface area contributed by atoms with Crippen LogP contribution >= 0.6 is 0 Å². The lowest BCUT2D eigenvalue weighted by Gasteiger charge is -2.17. The van der Waals surface area contributed by atoms with E-state index in [0.29, 0.717) is 19.6 Å². The predicted octanol–water partition coefficient (Wildman–Crippen LogP) is -0.669. The molecule has 2 unspecified atom stereocenters. The molecule has 0 aromatic heterocycles. The van der Waals surface area contributed by atoms with Crippen LogP contribution < -0.4 is 11.1 Å². The molecule has 1 aliphatic rings. The number of nitrogens with one attached hydrogen (secondary N) is 1. The lowest BCUT2D eigenvalue weighted by Crippen LogP contribution is -2.42. The molecule has 0 radical (unpaired) electrons. The fourth-order valence-corrected chi connectivity index (χ4v) is 1.93. The third kappa shape index (κ3) is 3.79. The van der Waals surface area contributed by atoms with Gasteiger partial charge in [0.2, 0.25) is 5.91 Å². The molecule has 16 heavy (non-hydrogen) atoms. The van der Waals surface area contributed by atoms with E-state index >= 15 is 0 Å². The molecule has 0 bridgehead atoms. The van der Waals surface area contributed by atoms with Gasteiger partial charge in [0.05, 0.1) is 12.5 Å². The van der Waals surface area contributed by atoms with Crippen LogP contribution in [0.2, 0.25) is 0 Å². The molecule has 6 nitrogen and oxygen atoms in total. The number of nitrogens with two attached hydrogens (primary N) is 1. The Morgan fingerprint density at radius 3 is 2.81 bits per heavy atom. The molecule has 2 atom stereocenters. The van der Waals surface area contributed by atoms with Crippen molar-refractivity contribution >= 4 is 11.9 Å². The zero-order chi connectivity index (χ0) is 12.0. The quantitative estimate of drug-likeness (QED) is 0.525. The number of hydrogen-bond acceptors (Lipinski definition) is 4. The molecular formula is C10H18N2O4. The van der Waals surface area contributed by atoms with Crippen molar-refractivity contribution in [2.45, 2.75) is 25.3 Å². The van der Waals surface area contributed by atoms with Crippen molar-refractivity contribution in [2.24, 2.45) is 11.7 Å². The number of carbonyl (C=O) groups excluding carboxylic acids is 1. The summed E-state index contributed by atoms with van der Waals surface area (Å²) in [4.78, 5) is 22.2. The number of ether oxygens (including phenoxy) is 1. The summed E-state index contributed by atoms with van der Waals surface area (Å²) in [6.45, 7) is 0.648. The van der Waals surface area contributed by atoms with Crippen molar-refractivity contribution in [3.8, 4) is 0 Å². The van der Waals surface area contributed by atoms with Crippen molar-refractivity contribution in [3.63, 3.8) is 0 Å². The number of amides is 1. The molecule has 0 aromatic rings. The number of rotatable bonds is 6. The van der Waals surface area contributed by atoms with Crippen LogP contribution in [0.4, 0.5) is 0 Å². The second-order valence-corrected chi connectivity index (χ2v) is 3.89. The smallest absolute Gasteiger partial charge is 0.308 e. The van der Waals surface area contributed by atoms with Crippen molar-refractivity contribution in [2.75, 3.05) is 19.8 Å². The highest BCUT2D eigenvalue weighted by molar-refractivity contribution is 5.79. The van der Waals surface area contributed by atoms with E-state index in [9.17, 15) is 9.59 Å². The summed E-state index contributed by atoms with van der Waals surface area (Å²) in [5.74, 6) is -1.57. The first-order valence-corrected chi connectivity index (χ1v) is 5.45. The molecule has 0 aromatic carbocycles. The molecule has 92 valence electrons. The van der Waals surface area contributed by atoms with Crippen molar-refractivity contribution < 1.29 is 19.4 Å². The Labute approximate surface area is 94.1 Å². The largest absolute Gasteiger partial charge is 0.481 e. The van der Waals surface area contributed by atoms with Gasteiger partial charge in [-0.3, -0.25) is 9.59 Å². The third-order valence-electron chi connectivity index (χ3n) is 2.67. The fraction of sp³-hybridized carbons (Fsp3) is 0.800. The Bertz CT molecular complexity index is 257. The van der Waals surface area contributed by atoms with Crippen molar-refractivity contribution in [1.29, 1.82) is 0 Å².